The summed E-state index contributed by atoms with van der Waals surface area (Å²) < 4.78 is 23.3. The molecule has 64 valence electrons. The molecule has 10 heavy (non-hydrogen) atoms. The molecule has 0 atom stereocenters. The van der Waals surface area contributed by atoms with Gasteiger partial charge in [-0.05, 0) is 12.0 Å². The summed E-state index contributed by atoms with van der Waals surface area (Å²) in [6.45, 7) is 3.79. The molecule has 0 aliphatic rings. The lowest BCUT2D eigenvalue weighted by molar-refractivity contribution is 0.0905. The van der Waals surface area contributed by atoms with E-state index in [1.165, 1.54) is 0 Å². The molecule has 0 fully saturated rings. The van der Waals surface area contributed by atoms with Gasteiger partial charge in [0.25, 0.3) is 0 Å². The van der Waals surface area contributed by atoms with E-state index in [4.69, 9.17) is 5.73 Å². The van der Waals surface area contributed by atoms with Crippen LogP contribution in [0.15, 0.2) is 0 Å². The predicted octanol–water partition coefficient (Wildman–Crippen LogP) is 2.05. The number of alkyl halides is 2. The lowest BCUT2D eigenvalue weighted by Crippen LogP contribution is -2.25. The number of halogens is 3. The molecule has 1 nitrogen and oxygen atoms in total. The highest BCUT2D eigenvalue weighted by atomic mass is 35.5. The first-order valence-electron chi connectivity index (χ1n) is 2.96. The molecule has 0 bridgehead atoms. The molecule has 0 aliphatic carbocycles. The molecular formula is C6H14ClF2N. The Morgan fingerprint density at radius 1 is 1.40 bits per heavy atom. The van der Waals surface area contributed by atoms with Crippen LogP contribution in [-0.2, 0) is 0 Å². The van der Waals surface area contributed by atoms with Crippen LogP contribution in [0.2, 0.25) is 0 Å². The van der Waals surface area contributed by atoms with Crippen molar-refractivity contribution < 1.29 is 8.78 Å². The monoisotopic (exact) mass is 173 g/mol. The van der Waals surface area contributed by atoms with E-state index in [2.05, 4.69) is 0 Å². The summed E-state index contributed by atoms with van der Waals surface area (Å²) >= 11 is 0. The Morgan fingerprint density at radius 2 is 1.80 bits per heavy atom. The van der Waals surface area contributed by atoms with E-state index in [-0.39, 0.29) is 18.8 Å². The summed E-state index contributed by atoms with van der Waals surface area (Å²) in [6.07, 6.45) is -2.34. The van der Waals surface area contributed by atoms with Crippen LogP contribution in [0.5, 0.6) is 0 Å². The van der Waals surface area contributed by atoms with E-state index in [1.54, 1.807) is 13.8 Å². The van der Waals surface area contributed by atoms with E-state index >= 15 is 0 Å². The summed E-state index contributed by atoms with van der Waals surface area (Å²) in [5.74, 6) is 0. The summed E-state index contributed by atoms with van der Waals surface area (Å²) in [5, 5.41) is 0. The van der Waals surface area contributed by atoms with Crippen LogP contribution in [0.4, 0.5) is 8.78 Å². The third kappa shape index (κ3) is 6.23. The molecule has 0 unspecified atom stereocenters. The maximum absolute atomic E-state index is 11.7. The van der Waals surface area contributed by atoms with Gasteiger partial charge < -0.3 is 5.73 Å². The molecule has 0 spiro atoms. The van der Waals surface area contributed by atoms with Crippen molar-refractivity contribution in [2.24, 2.45) is 11.1 Å². The Balaban J connectivity index is 0. The summed E-state index contributed by atoms with van der Waals surface area (Å²) in [4.78, 5) is 0. The first kappa shape index (κ1) is 12.8. The lowest BCUT2D eigenvalue weighted by Gasteiger charge is -2.20. The van der Waals surface area contributed by atoms with Gasteiger partial charge in [0.05, 0.1) is 0 Å². The maximum Gasteiger partial charge on any atom is 0.239 e. The first-order valence-corrected chi connectivity index (χ1v) is 2.96. The fourth-order valence-electron chi connectivity index (χ4n) is 0.501. The molecule has 4 heteroatoms. The minimum absolute atomic E-state index is 0. The third-order valence-electron chi connectivity index (χ3n) is 1.26. The van der Waals surface area contributed by atoms with Crippen molar-refractivity contribution in [3.63, 3.8) is 0 Å². The molecule has 0 aromatic heterocycles. The van der Waals surface area contributed by atoms with Gasteiger partial charge >= 0.3 is 0 Å². The first-order chi connectivity index (χ1) is 3.98. The molecule has 2 N–H and O–H groups in total. The smallest absolute Gasteiger partial charge is 0.239 e. The van der Waals surface area contributed by atoms with Crippen LogP contribution in [0, 0.1) is 5.41 Å². The number of hydrogen-bond acceptors (Lipinski definition) is 1. The van der Waals surface area contributed by atoms with Crippen LogP contribution in [0.1, 0.15) is 20.3 Å². The van der Waals surface area contributed by atoms with Gasteiger partial charge in [0.15, 0.2) is 0 Å². The van der Waals surface area contributed by atoms with Crippen molar-refractivity contribution in [2.75, 3.05) is 6.54 Å². The van der Waals surface area contributed by atoms with Crippen molar-refractivity contribution in [3.8, 4) is 0 Å². The van der Waals surface area contributed by atoms with Crippen LogP contribution in [0.25, 0.3) is 0 Å². The summed E-state index contributed by atoms with van der Waals surface area (Å²) in [6, 6.07) is 0. The Kier molecular flexibility index (Phi) is 6.19. The quantitative estimate of drug-likeness (QED) is 0.695. The molecule has 0 aliphatic heterocycles. The molecule has 0 rings (SSSR count). The number of rotatable bonds is 3. The minimum atomic E-state index is -2.23. The van der Waals surface area contributed by atoms with E-state index in [9.17, 15) is 8.78 Å². The number of nitrogens with two attached hydrogens (primary N) is 1. The van der Waals surface area contributed by atoms with Crippen LogP contribution in [-0.4, -0.2) is 13.0 Å². The second-order valence-corrected chi connectivity index (χ2v) is 2.96. The van der Waals surface area contributed by atoms with Crippen LogP contribution < -0.4 is 5.73 Å². The fraction of sp³-hybridized carbons (Fsp3) is 1.00. The second kappa shape index (κ2) is 4.85. The van der Waals surface area contributed by atoms with Gasteiger partial charge in [-0.25, -0.2) is 8.78 Å². The van der Waals surface area contributed by atoms with E-state index in [0.717, 1.165) is 0 Å². The van der Waals surface area contributed by atoms with Gasteiger partial charge in [-0.15, -0.1) is 12.4 Å². The van der Waals surface area contributed by atoms with E-state index in [0.29, 0.717) is 6.54 Å². The van der Waals surface area contributed by atoms with Gasteiger partial charge in [-0.3, -0.25) is 0 Å². The standard InChI is InChI=1S/C6H13F2N.ClH/c1-6(2,4-9)3-5(7)8;/h5H,3-4,9H2,1-2H3;1H. The zero-order valence-corrected chi connectivity index (χ0v) is 7.05. The SMILES string of the molecule is CC(C)(CN)CC(F)F.Cl. The largest absolute Gasteiger partial charge is 0.330 e. The zero-order chi connectivity index (χ0) is 7.49. The third-order valence-corrected chi connectivity index (χ3v) is 1.26. The zero-order valence-electron chi connectivity index (χ0n) is 6.23. The van der Waals surface area contributed by atoms with E-state index < -0.39 is 11.8 Å². The van der Waals surface area contributed by atoms with Gasteiger partial charge in [0, 0.05) is 6.42 Å². The highest BCUT2D eigenvalue weighted by Gasteiger charge is 2.20. The van der Waals surface area contributed by atoms with Crippen LogP contribution >= 0.6 is 12.4 Å². The maximum atomic E-state index is 11.7. The van der Waals surface area contributed by atoms with Gasteiger partial charge in [-0.1, -0.05) is 13.8 Å². The van der Waals surface area contributed by atoms with Crippen LogP contribution in [0.3, 0.4) is 0 Å². The Hall–Kier alpha value is 0.110. The molecule has 0 saturated heterocycles. The lowest BCUT2D eigenvalue weighted by atomic mass is 9.90. The average Bonchev–Trinajstić information content (AvgIpc) is 1.63. The van der Waals surface area contributed by atoms with Crippen molar-refractivity contribution >= 4 is 12.4 Å². The highest BCUT2D eigenvalue weighted by Crippen LogP contribution is 2.22. The van der Waals surface area contributed by atoms with Crippen molar-refractivity contribution in [2.45, 2.75) is 26.7 Å². The molecular weight excluding hydrogens is 160 g/mol. The molecule has 0 aromatic rings. The topological polar surface area (TPSA) is 26.0 Å². The van der Waals surface area contributed by atoms with Gasteiger partial charge in [0.2, 0.25) is 6.43 Å². The normalized spacial score (nSPS) is 11.4. The number of hydrogen-bond donors (Lipinski definition) is 1. The predicted molar refractivity (Wildman–Crippen MR) is 40.7 cm³/mol. The van der Waals surface area contributed by atoms with Crippen molar-refractivity contribution in [3.05, 3.63) is 0 Å². The van der Waals surface area contributed by atoms with E-state index in [1.807, 2.05) is 0 Å². The summed E-state index contributed by atoms with van der Waals surface area (Å²) in [5.41, 5.74) is 4.81. The van der Waals surface area contributed by atoms with Crippen molar-refractivity contribution in [1.29, 1.82) is 0 Å². The Morgan fingerprint density at radius 3 is 1.90 bits per heavy atom. The van der Waals surface area contributed by atoms with Crippen molar-refractivity contribution in [1.82, 2.24) is 0 Å². The Labute approximate surface area is 66.4 Å². The fourth-order valence-corrected chi connectivity index (χ4v) is 0.501. The average molecular weight is 174 g/mol. The molecule has 0 amide bonds. The highest BCUT2D eigenvalue weighted by molar-refractivity contribution is 5.85. The Bertz CT molecular complexity index is 85.8. The summed E-state index contributed by atoms with van der Waals surface area (Å²) in [7, 11) is 0. The van der Waals surface area contributed by atoms with Gasteiger partial charge in [-0.2, -0.15) is 0 Å². The van der Waals surface area contributed by atoms with Gasteiger partial charge in [0.1, 0.15) is 0 Å². The minimum Gasteiger partial charge on any atom is -0.330 e. The molecule has 0 heterocycles. The molecule has 0 aromatic carbocycles. The molecule has 0 saturated carbocycles. The molecule has 0 radical (unpaired) electrons. The second-order valence-electron chi connectivity index (χ2n) is 2.96.